The van der Waals surface area contributed by atoms with E-state index >= 15 is 0 Å². The summed E-state index contributed by atoms with van der Waals surface area (Å²) in [6.07, 6.45) is 5.97. The van der Waals surface area contributed by atoms with Gasteiger partial charge in [0.25, 0.3) is 0 Å². The fourth-order valence-electron chi connectivity index (χ4n) is 2.47. The van der Waals surface area contributed by atoms with Crippen molar-refractivity contribution in [3.63, 3.8) is 0 Å². The van der Waals surface area contributed by atoms with Gasteiger partial charge in [-0.3, -0.25) is 9.88 Å². The summed E-state index contributed by atoms with van der Waals surface area (Å²) < 4.78 is 0. The van der Waals surface area contributed by atoms with E-state index in [1.807, 2.05) is 18.5 Å². The zero-order valence-electron chi connectivity index (χ0n) is 12.8. The second-order valence-electron chi connectivity index (χ2n) is 5.40. The van der Waals surface area contributed by atoms with Crippen LogP contribution >= 0.6 is 0 Å². The van der Waals surface area contributed by atoms with Crippen LogP contribution in [0.3, 0.4) is 0 Å². The van der Waals surface area contributed by atoms with Gasteiger partial charge in [0.2, 0.25) is 0 Å². The largest absolute Gasteiger partial charge is 0.326 e. The molecule has 3 atom stereocenters. The maximum Gasteiger partial charge on any atom is 0.0514 e. The Morgan fingerprint density at radius 1 is 1.26 bits per heavy atom. The summed E-state index contributed by atoms with van der Waals surface area (Å²) in [4.78, 5) is 6.76. The first-order valence-corrected chi connectivity index (χ1v) is 7.53. The maximum atomic E-state index is 6.37. The van der Waals surface area contributed by atoms with E-state index in [2.05, 4.69) is 43.6 Å². The second-order valence-corrected chi connectivity index (χ2v) is 5.40. The molecule has 1 aromatic heterocycles. The van der Waals surface area contributed by atoms with Gasteiger partial charge in [-0.25, -0.2) is 0 Å². The van der Waals surface area contributed by atoms with Crippen LogP contribution in [-0.4, -0.2) is 29.0 Å². The lowest BCUT2D eigenvalue weighted by molar-refractivity contribution is 0.153. The molecular formula is C16H29N3. The van der Waals surface area contributed by atoms with Crippen LogP contribution in [-0.2, 0) is 0 Å². The van der Waals surface area contributed by atoms with Crippen LogP contribution in [0.5, 0.6) is 0 Å². The SMILES string of the molecule is CCC(C)CN(CC)C(c1cccnc1)C(N)CC. The van der Waals surface area contributed by atoms with E-state index in [9.17, 15) is 0 Å². The quantitative estimate of drug-likeness (QED) is 0.783. The van der Waals surface area contributed by atoms with Crippen molar-refractivity contribution in [3.8, 4) is 0 Å². The number of aromatic nitrogens is 1. The molecule has 0 amide bonds. The molecule has 1 rings (SSSR count). The monoisotopic (exact) mass is 263 g/mol. The van der Waals surface area contributed by atoms with Crippen molar-refractivity contribution in [3.05, 3.63) is 30.1 Å². The number of hydrogen-bond acceptors (Lipinski definition) is 3. The van der Waals surface area contributed by atoms with Crippen LogP contribution in [0.25, 0.3) is 0 Å². The van der Waals surface area contributed by atoms with Gasteiger partial charge in [0, 0.05) is 25.0 Å². The van der Waals surface area contributed by atoms with Crippen molar-refractivity contribution in [2.75, 3.05) is 13.1 Å². The summed E-state index contributed by atoms with van der Waals surface area (Å²) >= 11 is 0. The zero-order chi connectivity index (χ0) is 14.3. The van der Waals surface area contributed by atoms with Crippen LogP contribution in [0.4, 0.5) is 0 Å². The molecule has 0 aromatic carbocycles. The molecule has 0 saturated carbocycles. The Bertz CT molecular complexity index is 339. The first-order valence-electron chi connectivity index (χ1n) is 7.53. The molecule has 3 heteroatoms. The molecule has 0 radical (unpaired) electrons. The van der Waals surface area contributed by atoms with Crippen molar-refractivity contribution in [2.45, 2.75) is 52.6 Å². The minimum Gasteiger partial charge on any atom is -0.326 e. The Morgan fingerprint density at radius 2 is 2.00 bits per heavy atom. The molecule has 2 N–H and O–H groups in total. The number of hydrogen-bond donors (Lipinski definition) is 1. The molecule has 3 nitrogen and oxygen atoms in total. The molecule has 0 spiro atoms. The van der Waals surface area contributed by atoms with E-state index in [0.29, 0.717) is 5.92 Å². The van der Waals surface area contributed by atoms with Gasteiger partial charge in [-0.1, -0.05) is 40.2 Å². The molecule has 0 aliphatic rings. The Hall–Kier alpha value is -0.930. The minimum absolute atomic E-state index is 0.160. The summed E-state index contributed by atoms with van der Waals surface area (Å²) in [5.74, 6) is 0.697. The lowest BCUT2D eigenvalue weighted by atomic mass is 9.96. The van der Waals surface area contributed by atoms with Gasteiger partial charge in [-0.2, -0.15) is 0 Å². The average Bonchev–Trinajstić information content (AvgIpc) is 2.46. The lowest BCUT2D eigenvalue weighted by Gasteiger charge is -2.36. The van der Waals surface area contributed by atoms with Crippen molar-refractivity contribution >= 4 is 0 Å². The smallest absolute Gasteiger partial charge is 0.0514 e. The number of rotatable bonds is 8. The highest BCUT2D eigenvalue weighted by atomic mass is 15.2. The molecule has 0 aliphatic carbocycles. The van der Waals surface area contributed by atoms with Crippen molar-refractivity contribution in [1.82, 2.24) is 9.88 Å². The highest BCUT2D eigenvalue weighted by Crippen LogP contribution is 2.25. The Kier molecular flexibility index (Phi) is 7.03. The fourth-order valence-corrected chi connectivity index (χ4v) is 2.47. The van der Waals surface area contributed by atoms with Crippen LogP contribution in [0.15, 0.2) is 24.5 Å². The van der Waals surface area contributed by atoms with Crippen LogP contribution in [0.1, 0.15) is 52.1 Å². The van der Waals surface area contributed by atoms with Gasteiger partial charge in [-0.05, 0) is 30.5 Å². The Balaban J connectivity index is 2.94. The molecule has 0 bridgehead atoms. The van der Waals surface area contributed by atoms with Crippen molar-refractivity contribution in [2.24, 2.45) is 11.7 Å². The van der Waals surface area contributed by atoms with Gasteiger partial charge in [-0.15, -0.1) is 0 Å². The van der Waals surface area contributed by atoms with Gasteiger partial charge in [0.1, 0.15) is 0 Å². The second kappa shape index (κ2) is 8.28. The number of nitrogens with zero attached hydrogens (tertiary/aromatic N) is 2. The van der Waals surface area contributed by atoms with Gasteiger partial charge in [0.15, 0.2) is 0 Å². The lowest BCUT2D eigenvalue weighted by Crippen LogP contribution is -2.42. The van der Waals surface area contributed by atoms with Crippen molar-refractivity contribution < 1.29 is 0 Å². The third-order valence-corrected chi connectivity index (χ3v) is 3.95. The van der Waals surface area contributed by atoms with Gasteiger partial charge < -0.3 is 5.73 Å². The third kappa shape index (κ3) is 4.59. The summed E-state index contributed by atoms with van der Waals surface area (Å²) in [7, 11) is 0. The number of pyridine rings is 1. The normalized spacial score (nSPS) is 16.3. The number of nitrogens with two attached hydrogens (primary N) is 1. The highest BCUT2D eigenvalue weighted by Gasteiger charge is 2.25. The summed E-state index contributed by atoms with van der Waals surface area (Å²) in [6, 6.07) is 4.58. The Morgan fingerprint density at radius 3 is 2.47 bits per heavy atom. The molecule has 1 heterocycles. The minimum atomic E-state index is 0.160. The van der Waals surface area contributed by atoms with Crippen LogP contribution in [0.2, 0.25) is 0 Å². The van der Waals surface area contributed by atoms with Crippen LogP contribution in [0, 0.1) is 5.92 Å². The molecule has 108 valence electrons. The van der Waals surface area contributed by atoms with Crippen LogP contribution < -0.4 is 5.73 Å². The number of likely N-dealkylation sites (N-methyl/N-ethyl adjacent to an activating group) is 1. The maximum absolute atomic E-state index is 6.37. The van der Waals surface area contributed by atoms with E-state index in [0.717, 1.165) is 19.5 Å². The van der Waals surface area contributed by atoms with E-state index in [1.165, 1.54) is 12.0 Å². The van der Waals surface area contributed by atoms with Crippen molar-refractivity contribution in [1.29, 1.82) is 0 Å². The standard InChI is InChI=1S/C16H29N3/c1-5-13(4)12-19(7-3)16(15(17)6-2)14-9-8-10-18-11-14/h8-11,13,15-16H,5-7,12,17H2,1-4H3. The predicted molar refractivity (Wildman–Crippen MR) is 81.9 cm³/mol. The van der Waals surface area contributed by atoms with E-state index in [1.54, 1.807) is 0 Å². The summed E-state index contributed by atoms with van der Waals surface area (Å²) in [6.45, 7) is 11.1. The first kappa shape index (κ1) is 16.1. The van der Waals surface area contributed by atoms with E-state index in [4.69, 9.17) is 5.73 Å². The molecule has 19 heavy (non-hydrogen) atoms. The predicted octanol–water partition coefficient (Wildman–Crippen LogP) is 3.23. The Labute approximate surface area is 118 Å². The fraction of sp³-hybridized carbons (Fsp3) is 0.688. The van der Waals surface area contributed by atoms with Gasteiger partial charge in [0.05, 0.1) is 6.04 Å². The molecule has 0 aliphatic heterocycles. The zero-order valence-corrected chi connectivity index (χ0v) is 12.8. The molecule has 0 saturated heterocycles. The van der Waals surface area contributed by atoms with E-state index in [-0.39, 0.29) is 12.1 Å². The molecular weight excluding hydrogens is 234 g/mol. The van der Waals surface area contributed by atoms with E-state index < -0.39 is 0 Å². The molecule has 1 aromatic rings. The highest BCUT2D eigenvalue weighted by molar-refractivity contribution is 5.16. The first-order chi connectivity index (χ1) is 9.13. The summed E-state index contributed by atoms with van der Waals surface area (Å²) in [5.41, 5.74) is 7.61. The topological polar surface area (TPSA) is 42.2 Å². The molecule has 3 unspecified atom stereocenters. The van der Waals surface area contributed by atoms with Gasteiger partial charge >= 0.3 is 0 Å². The third-order valence-electron chi connectivity index (χ3n) is 3.95. The summed E-state index contributed by atoms with van der Waals surface area (Å²) in [5, 5.41) is 0. The molecule has 0 fully saturated rings. The average molecular weight is 263 g/mol.